The van der Waals surface area contributed by atoms with Gasteiger partial charge in [-0.2, -0.15) is 22.0 Å². The highest BCUT2D eigenvalue weighted by atomic mass is 19.4. The van der Waals surface area contributed by atoms with Crippen molar-refractivity contribution >= 4 is 18.0 Å². The van der Waals surface area contributed by atoms with E-state index in [1.807, 2.05) is 0 Å². The third kappa shape index (κ3) is 11.5. The van der Waals surface area contributed by atoms with Gasteiger partial charge in [0.05, 0.1) is 12.5 Å². The SMILES string of the molecule is CCCCCCCCOC(=O)C=Cc1ccc(OC(=O)C2CCC(CCCC(F)(F)C(F)(F)F)CC2)cc1. The summed E-state index contributed by atoms with van der Waals surface area (Å²) in [5.74, 6) is -5.37. The number of halogens is 5. The average Bonchev–Trinajstić information content (AvgIpc) is 2.87. The molecule has 9 heteroatoms. The van der Waals surface area contributed by atoms with Gasteiger partial charge < -0.3 is 9.47 Å². The molecule has 0 bridgehead atoms. The van der Waals surface area contributed by atoms with Crippen LogP contribution in [0.2, 0.25) is 0 Å². The summed E-state index contributed by atoms with van der Waals surface area (Å²) < 4.78 is 73.6. The molecule has 214 valence electrons. The van der Waals surface area contributed by atoms with Crippen LogP contribution >= 0.6 is 0 Å². The molecule has 38 heavy (non-hydrogen) atoms. The first-order chi connectivity index (χ1) is 18.0. The van der Waals surface area contributed by atoms with Crippen molar-refractivity contribution < 1.29 is 41.0 Å². The molecule has 1 aromatic carbocycles. The minimum atomic E-state index is -5.51. The minimum absolute atomic E-state index is 0.0339. The summed E-state index contributed by atoms with van der Waals surface area (Å²) in [5, 5.41) is 0. The fraction of sp³-hybridized carbons (Fsp3) is 0.655. The average molecular weight is 547 g/mol. The summed E-state index contributed by atoms with van der Waals surface area (Å²) in [5.41, 5.74) is 0.748. The molecule has 1 aliphatic rings. The van der Waals surface area contributed by atoms with E-state index in [4.69, 9.17) is 9.47 Å². The number of benzene rings is 1. The van der Waals surface area contributed by atoms with Gasteiger partial charge in [-0.25, -0.2) is 4.79 Å². The molecule has 0 aliphatic heterocycles. The van der Waals surface area contributed by atoms with Gasteiger partial charge >= 0.3 is 24.0 Å². The molecule has 0 amide bonds. The first-order valence-corrected chi connectivity index (χ1v) is 13.6. The van der Waals surface area contributed by atoms with Crippen LogP contribution in [0.4, 0.5) is 22.0 Å². The number of hydrogen-bond acceptors (Lipinski definition) is 4. The van der Waals surface area contributed by atoms with E-state index in [1.165, 1.54) is 25.3 Å². The summed E-state index contributed by atoms with van der Waals surface area (Å²) in [6.07, 6.45) is 5.25. The summed E-state index contributed by atoms with van der Waals surface area (Å²) in [6, 6.07) is 6.69. The van der Waals surface area contributed by atoms with Gasteiger partial charge in [0.15, 0.2) is 0 Å². The predicted octanol–water partition coefficient (Wildman–Crippen LogP) is 8.68. The second-order valence-corrected chi connectivity index (χ2v) is 10.1. The molecule has 0 spiro atoms. The summed E-state index contributed by atoms with van der Waals surface area (Å²) in [4.78, 5) is 24.4. The van der Waals surface area contributed by atoms with E-state index in [0.29, 0.717) is 38.0 Å². The quantitative estimate of drug-likeness (QED) is 0.0726. The van der Waals surface area contributed by atoms with Crippen molar-refractivity contribution in [2.45, 2.75) is 102 Å². The van der Waals surface area contributed by atoms with Crippen LogP contribution in [-0.4, -0.2) is 30.6 Å². The molecular formula is C29H39F5O4. The molecule has 0 heterocycles. The van der Waals surface area contributed by atoms with Gasteiger partial charge in [-0.1, -0.05) is 57.6 Å². The molecule has 0 radical (unpaired) electrons. The van der Waals surface area contributed by atoms with Gasteiger partial charge in [-0.3, -0.25) is 4.79 Å². The highest BCUT2D eigenvalue weighted by Crippen LogP contribution is 2.40. The highest BCUT2D eigenvalue weighted by Gasteiger charge is 2.56. The van der Waals surface area contributed by atoms with Crippen LogP contribution < -0.4 is 4.74 Å². The lowest BCUT2D eigenvalue weighted by molar-refractivity contribution is -0.284. The van der Waals surface area contributed by atoms with Crippen molar-refractivity contribution in [1.29, 1.82) is 0 Å². The van der Waals surface area contributed by atoms with Crippen molar-refractivity contribution in [3.8, 4) is 5.75 Å². The Balaban J connectivity index is 1.66. The zero-order valence-electron chi connectivity index (χ0n) is 22.0. The zero-order valence-corrected chi connectivity index (χ0v) is 22.0. The Labute approximate surface area is 222 Å². The Morgan fingerprint density at radius 3 is 2.16 bits per heavy atom. The molecule has 0 N–H and O–H groups in total. The molecule has 0 aromatic heterocycles. The number of rotatable bonds is 15. The van der Waals surface area contributed by atoms with Crippen LogP contribution in [0.1, 0.15) is 96.0 Å². The van der Waals surface area contributed by atoms with Crippen LogP contribution in [0.15, 0.2) is 30.3 Å². The van der Waals surface area contributed by atoms with E-state index < -0.39 is 24.5 Å². The Kier molecular flexibility index (Phi) is 13.2. The van der Waals surface area contributed by atoms with Crippen LogP contribution in [0.25, 0.3) is 6.08 Å². The fourth-order valence-electron chi connectivity index (χ4n) is 4.56. The van der Waals surface area contributed by atoms with Gasteiger partial charge in [-0.05, 0) is 68.2 Å². The number of alkyl halides is 5. The van der Waals surface area contributed by atoms with E-state index in [1.54, 1.807) is 30.3 Å². The lowest BCUT2D eigenvalue weighted by atomic mass is 9.79. The highest BCUT2D eigenvalue weighted by molar-refractivity contribution is 5.87. The number of unbranched alkanes of at least 4 members (excludes halogenated alkanes) is 5. The maximum atomic E-state index is 13.1. The topological polar surface area (TPSA) is 52.6 Å². The summed E-state index contributed by atoms with van der Waals surface area (Å²) in [7, 11) is 0. The fourth-order valence-corrected chi connectivity index (χ4v) is 4.56. The molecule has 0 saturated heterocycles. The lowest BCUT2D eigenvalue weighted by Gasteiger charge is -2.28. The van der Waals surface area contributed by atoms with E-state index in [0.717, 1.165) is 24.8 Å². The van der Waals surface area contributed by atoms with Crippen molar-refractivity contribution in [2.24, 2.45) is 11.8 Å². The van der Waals surface area contributed by atoms with Crippen LogP contribution in [0.3, 0.4) is 0 Å². The van der Waals surface area contributed by atoms with E-state index >= 15 is 0 Å². The minimum Gasteiger partial charge on any atom is -0.463 e. The van der Waals surface area contributed by atoms with Gasteiger partial charge in [-0.15, -0.1) is 0 Å². The molecular weight excluding hydrogens is 507 g/mol. The maximum Gasteiger partial charge on any atom is 0.453 e. The third-order valence-electron chi connectivity index (χ3n) is 6.95. The second kappa shape index (κ2) is 15.8. The largest absolute Gasteiger partial charge is 0.463 e. The second-order valence-electron chi connectivity index (χ2n) is 10.1. The Morgan fingerprint density at radius 2 is 1.53 bits per heavy atom. The Hall–Kier alpha value is -2.45. The molecule has 0 atom stereocenters. The van der Waals surface area contributed by atoms with Gasteiger partial charge in [0, 0.05) is 12.5 Å². The molecule has 0 unspecified atom stereocenters. The predicted molar refractivity (Wildman–Crippen MR) is 136 cm³/mol. The van der Waals surface area contributed by atoms with Crippen LogP contribution in [0.5, 0.6) is 5.75 Å². The number of carbonyl (C=O) groups excluding carboxylic acids is 2. The smallest absolute Gasteiger partial charge is 0.453 e. The normalized spacial score (nSPS) is 18.5. The van der Waals surface area contributed by atoms with Gasteiger partial charge in [0.25, 0.3) is 0 Å². The number of hydrogen-bond donors (Lipinski definition) is 0. The maximum absolute atomic E-state index is 13.1. The van der Waals surface area contributed by atoms with Crippen molar-refractivity contribution in [3.05, 3.63) is 35.9 Å². The first-order valence-electron chi connectivity index (χ1n) is 13.6. The zero-order chi connectivity index (χ0) is 28.0. The number of ether oxygens (including phenoxy) is 2. The third-order valence-corrected chi connectivity index (χ3v) is 6.95. The molecule has 1 aromatic rings. The first kappa shape index (κ1) is 31.8. The van der Waals surface area contributed by atoms with Crippen molar-refractivity contribution in [1.82, 2.24) is 0 Å². The standard InChI is InChI=1S/C29H39F5O4/c1-2-3-4-5-6-7-21-37-26(35)19-14-23-12-17-25(18-13-23)38-27(36)24-15-10-22(11-16-24)9-8-20-28(30,31)29(32,33)34/h12-14,17-19,22,24H,2-11,15-16,20-21H2,1H3. The van der Waals surface area contributed by atoms with E-state index in [-0.39, 0.29) is 30.6 Å². The Bertz CT molecular complexity index is 872. The van der Waals surface area contributed by atoms with Crippen LogP contribution in [-0.2, 0) is 14.3 Å². The monoisotopic (exact) mass is 546 g/mol. The number of carbonyl (C=O) groups is 2. The van der Waals surface area contributed by atoms with Crippen LogP contribution in [0, 0.1) is 11.8 Å². The molecule has 1 aliphatic carbocycles. The summed E-state index contributed by atoms with van der Waals surface area (Å²) >= 11 is 0. The molecule has 1 fully saturated rings. The molecule has 2 rings (SSSR count). The van der Waals surface area contributed by atoms with Gasteiger partial charge in [0.1, 0.15) is 5.75 Å². The van der Waals surface area contributed by atoms with E-state index in [2.05, 4.69) is 6.92 Å². The van der Waals surface area contributed by atoms with Gasteiger partial charge in [0.2, 0.25) is 0 Å². The molecule has 4 nitrogen and oxygen atoms in total. The Morgan fingerprint density at radius 1 is 0.895 bits per heavy atom. The lowest BCUT2D eigenvalue weighted by Crippen LogP contribution is -2.36. The van der Waals surface area contributed by atoms with Crippen molar-refractivity contribution in [3.63, 3.8) is 0 Å². The molecule has 1 saturated carbocycles. The number of esters is 2. The van der Waals surface area contributed by atoms with E-state index in [9.17, 15) is 31.5 Å². The van der Waals surface area contributed by atoms with Crippen molar-refractivity contribution in [2.75, 3.05) is 6.61 Å². The summed E-state index contributed by atoms with van der Waals surface area (Å²) in [6.45, 7) is 2.57.